The predicted octanol–water partition coefficient (Wildman–Crippen LogP) is 0.461. The number of rotatable bonds is 3. The molecule has 0 saturated carbocycles. The van der Waals surface area contributed by atoms with Crippen LogP contribution in [0.5, 0.6) is 0 Å². The number of H-pyrrole nitrogens is 1. The van der Waals surface area contributed by atoms with Crippen molar-refractivity contribution in [2.24, 2.45) is 0 Å². The molecular weight excluding hydrogens is 268 g/mol. The van der Waals surface area contributed by atoms with E-state index in [1.807, 2.05) is 25.5 Å². The van der Waals surface area contributed by atoms with Gasteiger partial charge >= 0.3 is 0 Å². The lowest BCUT2D eigenvalue weighted by Crippen LogP contribution is -2.22. The normalized spacial score (nSPS) is 13.0. The molecule has 2 rings (SSSR count). The van der Waals surface area contributed by atoms with E-state index in [2.05, 4.69) is 4.98 Å². The van der Waals surface area contributed by atoms with Crippen molar-refractivity contribution in [1.82, 2.24) is 9.88 Å². The fourth-order valence-corrected chi connectivity index (χ4v) is 2.95. The number of ketones is 1. The molecule has 0 bridgehead atoms. The summed E-state index contributed by atoms with van der Waals surface area (Å²) in [6.45, 7) is 0. The summed E-state index contributed by atoms with van der Waals surface area (Å²) in [5.74, 6) is -0.0843. The van der Waals surface area contributed by atoms with Gasteiger partial charge in [-0.05, 0) is 11.4 Å². The smallest absolute Gasteiger partial charge is 0.267 e. The SMILES string of the molecule is CN(C)/C=c1\s/c(=C/C(=O)c2cccs2)[nH]c1=O. The molecule has 2 aromatic rings. The van der Waals surface area contributed by atoms with Gasteiger partial charge in [-0.3, -0.25) is 9.59 Å². The highest BCUT2D eigenvalue weighted by molar-refractivity contribution is 7.12. The van der Waals surface area contributed by atoms with Gasteiger partial charge in [-0.15, -0.1) is 22.7 Å². The first-order chi connectivity index (χ1) is 8.56. The van der Waals surface area contributed by atoms with Crippen LogP contribution in [0.25, 0.3) is 12.3 Å². The van der Waals surface area contributed by atoms with Crippen LogP contribution in [0.3, 0.4) is 0 Å². The van der Waals surface area contributed by atoms with Crippen LogP contribution in [0.1, 0.15) is 9.67 Å². The second-order valence-corrected chi connectivity index (χ2v) is 5.89. The number of carbonyl (C=O) groups excluding carboxylic acids is 1. The predicted molar refractivity (Wildman–Crippen MR) is 75.5 cm³/mol. The highest BCUT2D eigenvalue weighted by Gasteiger charge is 2.03. The Balaban J connectivity index is 2.42. The number of aromatic amines is 1. The third kappa shape index (κ3) is 2.96. The van der Waals surface area contributed by atoms with Crippen LogP contribution in [-0.2, 0) is 0 Å². The minimum absolute atomic E-state index is 0.0843. The zero-order valence-electron chi connectivity index (χ0n) is 9.97. The molecule has 0 spiro atoms. The minimum atomic E-state index is -0.168. The average molecular weight is 280 g/mol. The lowest BCUT2D eigenvalue weighted by Gasteiger charge is -1.99. The van der Waals surface area contributed by atoms with Gasteiger partial charge in [0.25, 0.3) is 5.56 Å². The molecule has 0 radical (unpaired) electrons. The summed E-state index contributed by atoms with van der Waals surface area (Å²) in [7, 11) is 3.69. The Labute approximate surface area is 112 Å². The van der Waals surface area contributed by atoms with E-state index in [0.29, 0.717) is 14.1 Å². The average Bonchev–Trinajstić information content (AvgIpc) is 2.89. The van der Waals surface area contributed by atoms with Gasteiger partial charge in [0.1, 0.15) is 4.53 Å². The first-order valence-electron chi connectivity index (χ1n) is 5.23. The van der Waals surface area contributed by atoms with E-state index < -0.39 is 0 Å². The fourth-order valence-electron chi connectivity index (χ4n) is 1.36. The number of Topliss-reactive ketones (excluding diaryl/α,β-unsaturated/α-hetero) is 1. The monoisotopic (exact) mass is 280 g/mol. The number of nitrogens with zero attached hydrogens (tertiary/aromatic N) is 1. The molecule has 1 N–H and O–H groups in total. The van der Waals surface area contributed by atoms with Crippen molar-refractivity contribution in [2.75, 3.05) is 14.1 Å². The van der Waals surface area contributed by atoms with E-state index in [0.717, 1.165) is 0 Å². The number of carbonyl (C=O) groups is 1. The van der Waals surface area contributed by atoms with E-state index in [-0.39, 0.29) is 11.3 Å². The van der Waals surface area contributed by atoms with E-state index in [4.69, 9.17) is 0 Å². The molecule has 0 fully saturated rings. The van der Waals surface area contributed by atoms with Crippen LogP contribution in [0.4, 0.5) is 0 Å². The van der Waals surface area contributed by atoms with Crippen molar-refractivity contribution in [1.29, 1.82) is 0 Å². The van der Waals surface area contributed by atoms with Crippen molar-refractivity contribution in [3.8, 4) is 0 Å². The topological polar surface area (TPSA) is 53.2 Å². The van der Waals surface area contributed by atoms with Crippen LogP contribution in [0.2, 0.25) is 0 Å². The van der Waals surface area contributed by atoms with Crippen LogP contribution in [0, 0.1) is 0 Å². The van der Waals surface area contributed by atoms with E-state index >= 15 is 0 Å². The van der Waals surface area contributed by atoms with Crippen molar-refractivity contribution in [3.63, 3.8) is 0 Å². The molecular formula is C12H12N2O2S2. The number of thiazole rings is 1. The minimum Gasteiger partial charge on any atom is -0.382 e. The fraction of sp³-hybridized carbons (Fsp3) is 0.167. The van der Waals surface area contributed by atoms with E-state index in [1.54, 1.807) is 17.2 Å². The molecule has 0 atom stereocenters. The second-order valence-electron chi connectivity index (χ2n) is 3.86. The number of hydrogen-bond donors (Lipinski definition) is 1. The highest BCUT2D eigenvalue weighted by atomic mass is 32.1. The highest BCUT2D eigenvalue weighted by Crippen LogP contribution is 2.09. The summed E-state index contributed by atoms with van der Waals surface area (Å²) >= 11 is 2.66. The molecule has 18 heavy (non-hydrogen) atoms. The third-order valence-corrected chi connectivity index (χ3v) is 3.92. The molecule has 4 nitrogen and oxygen atoms in total. The first-order valence-corrected chi connectivity index (χ1v) is 6.93. The number of thiophene rings is 1. The summed E-state index contributed by atoms with van der Waals surface area (Å²) in [4.78, 5) is 28.6. The number of aromatic nitrogens is 1. The van der Waals surface area contributed by atoms with Gasteiger partial charge in [0.15, 0.2) is 5.78 Å². The third-order valence-electron chi connectivity index (χ3n) is 2.08. The summed E-state index contributed by atoms with van der Waals surface area (Å²) in [6.07, 6.45) is 3.20. The van der Waals surface area contributed by atoms with Crippen LogP contribution >= 0.6 is 22.7 Å². The van der Waals surface area contributed by atoms with Gasteiger partial charge < -0.3 is 9.88 Å². The number of hydrogen-bond acceptors (Lipinski definition) is 5. The first kappa shape index (κ1) is 12.8. The molecule has 0 saturated heterocycles. The molecule has 2 aromatic heterocycles. The van der Waals surface area contributed by atoms with Gasteiger partial charge in [0, 0.05) is 26.4 Å². The Hall–Kier alpha value is -1.66. The Morgan fingerprint density at radius 1 is 1.44 bits per heavy atom. The van der Waals surface area contributed by atoms with E-state index in [1.165, 1.54) is 28.7 Å². The molecule has 94 valence electrons. The Bertz CT molecular complexity index is 708. The Morgan fingerprint density at radius 3 is 2.83 bits per heavy atom. The molecule has 2 heterocycles. The van der Waals surface area contributed by atoms with Crippen LogP contribution in [-0.4, -0.2) is 29.8 Å². The summed E-state index contributed by atoms with van der Waals surface area (Å²) < 4.78 is 1.16. The number of nitrogens with one attached hydrogen (secondary N) is 1. The largest absolute Gasteiger partial charge is 0.382 e. The molecule has 0 aliphatic heterocycles. The molecule has 6 heteroatoms. The van der Waals surface area contributed by atoms with Crippen LogP contribution in [0.15, 0.2) is 22.3 Å². The maximum absolute atomic E-state index is 11.8. The molecule has 0 aromatic carbocycles. The van der Waals surface area contributed by atoms with Gasteiger partial charge in [0.05, 0.1) is 9.54 Å². The molecule has 0 amide bonds. The molecule has 0 aliphatic carbocycles. The van der Waals surface area contributed by atoms with Gasteiger partial charge in [-0.1, -0.05) is 6.07 Å². The summed E-state index contributed by atoms with van der Waals surface area (Å²) in [5.41, 5.74) is -0.168. The maximum Gasteiger partial charge on any atom is 0.267 e. The summed E-state index contributed by atoms with van der Waals surface area (Å²) in [6, 6.07) is 3.59. The summed E-state index contributed by atoms with van der Waals surface area (Å²) in [5, 5.41) is 1.85. The van der Waals surface area contributed by atoms with E-state index in [9.17, 15) is 9.59 Å². The standard InChI is InChI=1S/C12H12N2O2S2/c1-14(2)7-10-12(16)13-11(18-10)6-8(15)9-4-3-5-17-9/h3-7H,1-2H3,(H,13,16)/b10-7-,11-6+. The zero-order valence-corrected chi connectivity index (χ0v) is 11.6. The molecule has 0 unspecified atom stereocenters. The van der Waals surface area contributed by atoms with Crippen molar-refractivity contribution in [3.05, 3.63) is 41.9 Å². The van der Waals surface area contributed by atoms with Gasteiger partial charge in [-0.2, -0.15) is 0 Å². The van der Waals surface area contributed by atoms with Gasteiger partial charge in [0.2, 0.25) is 0 Å². The van der Waals surface area contributed by atoms with Crippen molar-refractivity contribution >= 4 is 40.7 Å². The van der Waals surface area contributed by atoms with Crippen molar-refractivity contribution in [2.45, 2.75) is 0 Å². The maximum atomic E-state index is 11.8. The zero-order chi connectivity index (χ0) is 13.1. The van der Waals surface area contributed by atoms with Crippen LogP contribution < -0.4 is 14.8 Å². The lowest BCUT2D eigenvalue weighted by molar-refractivity contribution is 0.106. The van der Waals surface area contributed by atoms with Gasteiger partial charge in [-0.25, -0.2) is 0 Å². The lowest BCUT2D eigenvalue weighted by atomic mass is 10.3. The van der Waals surface area contributed by atoms with Crippen molar-refractivity contribution < 1.29 is 4.79 Å². The molecule has 0 aliphatic rings. The quantitative estimate of drug-likeness (QED) is 0.831. The second kappa shape index (κ2) is 5.32. The Morgan fingerprint density at radius 2 is 2.22 bits per heavy atom. The Kier molecular flexibility index (Phi) is 3.78.